The first-order valence-corrected chi connectivity index (χ1v) is 9.44. The average Bonchev–Trinajstić information content (AvgIpc) is 2.56. The number of carbonyl (C=O) groups excluding carboxylic acids is 2. The Morgan fingerprint density at radius 3 is 2.30 bits per heavy atom. The highest BCUT2D eigenvalue weighted by Gasteiger charge is 2.23. The van der Waals surface area contributed by atoms with Crippen LogP contribution in [0.4, 0.5) is 15.8 Å². The first-order chi connectivity index (χ1) is 12.5. The van der Waals surface area contributed by atoms with Crippen molar-refractivity contribution in [1.82, 2.24) is 4.31 Å². The van der Waals surface area contributed by atoms with Crippen molar-refractivity contribution in [2.24, 2.45) is 0 Å². The van der Waals surface area contributed by atoms with E-state index in [0.29, 0.717) is 5.69 Å². The van der Waals surface area contributed by atoms with Gasteiger partial charge in [-0.15, -0.1) is 0 Å². The Morgan fingerprint density at radius 2 is 1.74 bits per heavy atom. The molecule has 2 aromatic rings. The van der Waals surface area contributed by atoms with Gasteiger partial charge in [-0.1, -0.05) is 11.6 Å². The highest BCUT2D eigenvalue weighted by atomic mass is 35.5. The number of nitrogens with zero attached hydrogens (tertiary/aromatic N) is 1. The van der Waals surface area contributed by atoms with Crippen molar-refractivity contribution in [2.45, 2.75) is 11.8 Å². The molecule has 2 amide bonds. The van der Waals surface area contributed by atoms with Crippen molar-refractivity contribution in [2.75, 3.05) is 24.7 Å². The van der Waals surface area contributed by atoms with Gasteiger partial charge in [-0.25, -0.2) is 17.1 Å². The van der Waals surface area contributed by atoms with Crippen LogP contribution in [0.1, 0.15) is 17.3 Å². The number of rotatable bonds is 5. The van der Waals surface area contributed by atoms with Gasteiger partial charge in [-0.2, -0.15) is 0 Å². The van der Waals surface area contributed by atoms with Crippen molar-refractivity contribution in [3.05, 3.63) is 52.8 Å². The van der Waals surface area contributed by atoms with E-state index in [-0.39, 0.29) is 22.2 Å². The lowest BCUT2D eigenvalue weighted by atomic mass is 10.2. The average molecular weight is 414 g/mol. The Labute approximate surface area is 161 Å². The SMILES string of the molecule is CC(=O)Nc1ccc(NC(=O)c2ccc(F)c(S(=O)(=O)N(C)C)c2)c(Cl)c1. The predicted molar refractivity (Wildman–Crippen MR) is 101 cm³/mol. The second-order valence-electron chi connectivity index (χ2n) is 5.76. The zero-order chi connectivity index (χ0) is 20.4. The Balaban J connectivity index is 2.30. The van der Waals surface area contributed by atoms with E-state index < -0.39 is 26.6 Å². The van der Waals surface area contributed by atoms with Crippen LogP contribution in [0.25, 0.3) is 0 Å². The number of hydrogen-bond acceptors (Lipinski definition) is 4. The molecule has 2 rings (SSSR count). The first-order valence-electron chi connectivity index (χ1n) is 7.63. The van der Waals surface area contributed by atoms with Crippen molar-refractivity contribution in [3.63, 3.8) is 0 Å². The van der Waals surface area contributed by atoms with Crippen LogP contribution in [-0.4, -0.2) is 38.6 Å². The third kappa shape index (κ3) is 4.82. The number of nitrogens with one attached hydrogen (secondary N) is 2. The van der Waals surface area contributed by atoms with Gasteiger partial charge < -0.3 is 10.6 Å². The maximum absolute atomic E-state index is 13.9. The molecule has 0 fully saturated rings. The van der Waals surface area contributed by atoms with Crippen LogP contribution in [0.2, 0.25) is 5.02 Å². The molecule has 2 aromatic carbocycles. The summed E-state index contributed by atoms with van der Waals surface area (Å²) in [6, 6.07) is 7.50. The lowest BCUT2D eigenvalue weighted by Crippen LogP contribution is -2.24. The largest absolute Gasteiger partial charge is 0.326 e. The summed E-state index contributed by atoms with van der Waals surface area (Å²) in [6.07, 6.45) is 0. The molecule has 0 bridgehead atoms. The van der Waals surface area contributed by atoms with Gasteiger partial charge in [0.15, 0.2) is 0 Å². The summed E-state index contributed by atoms with van der Waals surface area (Å²) in [7, 11) is -1.53. The van der Waals surface area contributed by atoms with Crippen LogP contribution in [0.3, 0.4) is 0 Å². The van der Waals surface area contributed by atoms with E-state index in [0.717, 1.165) is 16.4 Å². The van der Waals surface area contributed by atoms with Crippen molar-refractivity contribution < 1.29 is 22.4 Å². The smallest absolute Gasteiger partial charge is 0.255 e. The molecule has 27 heavy (non-hydrogen) atoms. The molecule has 0 saturated carbocycles. The molecular formula is C17H17ClFN3O4S. The molecule has 0 saturated heterocycles. The molecule has 0 unspecified atom stereocenters. The quantitative estimate of drug-likeness (QED) is 0.787. The maximum atomic E-state index is 13.9. The summed E-state index contributed by atoms with van der Waals surface area (Å²) in [5.41, 5.74) is 0.641. The van der Waals surface area contributed by atoms with Crippen LogP contribution < -0.4 is 10.6 Å². The highest BCUT2D eigenvalue weighted by Crippen LogP contribution is 2.26. The number of sulfonamides is 1. The lowest BCUT2D eigenvalue weighted by molar-refractivity contribution is -0.114. The second kappa shape index (κ2) is 8.03. The predicted octanol–water partition coefficient (Wildman–Crippen LogP) is 2.94. The normalized spacial score (nSPS) is 11.3. The molecule has 0 heterocycles. The van der Waals surface area contributed by atoms with Crippen LogP contribution in [0, 0.1) is 5.82 Å². The number of hydrogen-bond donors (Lipinski definition) is 2. The van der Waals surface area contributed by atoms with Gasteiger partial charge in [-0.05, 0) is 36.4 Å². The molecule has 0 aliphatic heterocycles. The van der Waals surface area contributed by atoms with E-state index in [9.17, 15) is 22.4 Å². The van der Waals surface area contributed by atoms with Crippen LogP contribution >= 0.6 is 11.6 Å². The molecule has 0 aromatic heterocycles. The third-order valence-electron chi connectivity index (χ3n) is 3.49. The van der Waals surface area contributed by atoms with Crippen molar-refractivity contribution in [1.29, 1.82) is 0 Å². The molecule has 0 aliphatic carbocycles. The third-order valence-corrected chi connectivity index (χ3v) is 5.63. The standard InChI is InChI=1S/C17H17ClFN3O4S/c1-10(23)20-12-5-7-15(13(18)9-12)21-17(24)11-4-6-14(19)16(8-11)27(25,26)22(2)3/h4-9H,1-3H3,(H,20,23)(H,21,24). The highest BCUT2D eigenvalue weighted by molar-refractivity contribution is 7.89. The molecular weight excluding hydrogens is 397 g/mol. The molecule has 7 nitrogen and oxygen atoms in total. The Morgan fingerprint density at radius 1 is 1.07 bits per heavy atom. The number of carbonyl (C=O) groups is 2. The van der Waals surface area contributed by atoms with Crippen LogP contribution in [0.15, 0.2) is 41.3 Å². The number of halogens is 2. The Kier molecular flexibility index (Phi) is 6.19. The van der Waals surface area contributed by atoms with Gasteiger partial charge in [-0.3, -0.25) is 9.59 Å². The molecule has 0 atom stereocenters. The van der Waals surface area contributed by atoms with E-state index in [2.05, 4.69) is 10.6 Å². The Hall–Kier alpha value is -2.49. The molecule has 10 heteroatoms. The summed E-state index contributed by atoms with van der Waals surface area (Å²) < 4.78 is 39.1. The maximum Gasteiger partial charge on any atom is 0.255 e. The van der Waals surface area contributed by atoms with Crippen LogP contribution in [-0.2, 0) is 14.8 Å². The first kappa shape index (κ1) is 20.8. The number of anilines is 2. The summed E-state index contributed by atoms with van der Waals surface area (Å²) in [6.45, 7) is 1.34. The lowest BCUT2D eigenvalue weighted by Gasteiger charge is -2.14. The fourth-order valence-electron chi connectivity index (χ4n) is 2.13. The fourth-order valence-corrected chi connectivity index (χ4v) is 3.34. The van der Waals surface area contributed by atoms with E-state index in [4.69, 9.17) is 11.6 Å². The fraction of sp³-hybridized carbons (Fsp3) is 0.176. The van der Waals surface area contributed by atoms with E-state index >= 15 is 0 Å². The van der Waals surface area contributed by atoms with Gasteiger partial charge in [0.1, 0.15) is 10.7 Å². The topological polar surface area (TPSA) is 95.6 Å². The zero-order valence-electron chi connectivity index (χ0n) is 14.7. The van der Waals surface area contributed by atoms with Crippen molar-refractivity contribution >= 4 is 44.8 Å². The van der Waals surface area contributed by atoms with Crippen molar-refractivity contribution in [3.8, 4) is 0 Å². The number of amides is 2. The minimum Gasteiger partial charge on any atom is -0.326 e. The second-order valence-corrected chi connectivity index (χ2v) is 8.29. The van der Waals surface area contributed by atoms with Gasteiger partial charge in [0, 0.05) is 32.3 Å². The summed E-state index contributed by atoms with van der Waals surface area (Å²) in [5, 5.41) is 5.23. The molecule has 2 N–H and O–H groups in total. The number of benzene rings is 2. The zero-order valence-corrected chi connectivity index (χ0v) is 16.3. The summed E-state index contributed by atoms with van der Waals surface area (Å²) in [5.74, 6) is -1.90. The van der Waals surface area contributed by atoms with E-state index in [1.165, 1.54) is 45.3 Å². The monoisotopic (exact) mass is 413 g/mol. The molecule has 144 valence electrons. The van der Waals surface area contributed by atoms with E-state index in [1.807, 2.05) is 0 Å². The van der Waals surface area contributed by atoms with Gasteiger partial charge in [0.25, 0.3) is 5.91 Å². The van der Waals surface area contributed by atoms with Gasteiger partial charge in [0.05, 0.1) is 10.7 Å². The molecule has 0 spiro atoms. The summed E-state index contributed by atoms with van der Waals surface area (Å²) in [4.78, 5) is 22.9. The van der Waals surface area contributed by atoms with Crippen LogP contribution in [0.5, 0.6) is 0 Å². The van der Waals surface area contributed by atoms with Gasteiger partial charge >= 0.3 is 0 Å². The molecule has 0 aliphatic rings. The summed E-state index contributed by atoms with van der Waals surface area (Å²) >= 11 is 6.09. The Bertz CT molecular complexity index is 1010. The molecule has 0 radical (unpaired) electrons. The van der Waals surface area contributed by atoms with E-state index in [1.54, 1.807) is 0 Å². The minimum atomic E-state index is -4.05. The minimum absolute atomic E-state index is 0.0566. The van der Waals surface area contributed by atoms with Gasteiger partial charge in [0.2, 0.25) is 15.9 Å².